The number of alkyl halides is 3. The summed E-state index contributed by atoms with van der Waals surface area (Å²) < 4.78 is 34.6. The quantitative estimate of drug-likeness (QED) is 0.579. The molecule has 0 unspecified atom stereocenters. The average molecular weight is 170 g/mol. The fourth-order valence-corrected chi connectivity index (χ4v) is 0.446. The van der Waals surface area contributed by atoms with Crippen LogP contribution < -0.4 is 11.5 Å². The number of nitrogens with two attached hydrogens (primary N) is 2. The van der Waals surface area contributed by atoms with E-state index < -0.39 is 24.0 Å². The molecular formula is C5H9F3N2O. The molecule has 0 aromatic heterocycles. The summed E-state index contributed by atoms with van der Waals surface area (Å²) in [7, 11) is 0. The molecule has 0 rings (SSSR count). The summed E-state index contributed by atoms with van der Waals surface area (Å²) in [6, 6.07) is 0. The predicted octanol–water partition coefficient (Wildman–Crippen LogP) is 0.141. The van der Waals surface area contributed by atoms with Crippen molar-refractivity contribution in [1.82, 2.24) is 0 Å². The third-order valence-electron chi connectivity index (χ3n) is 0.858. The minimum Gasteiger partial charge on any atom is -0.313 e. The Morgan fingerprint density at radius 3 is 1.82 bits per heavy atom. The third kappa shape index (κ3) is 4.74. The molecule has 0 heterocycles. The number of hydrogen-bond acceptors (Lipinski definition) is 3. The van der Waals surface area contributed by atoms with Crippen molar-refractivity contribution >= 4 is 5.78 Å². The molecule has 0 aliphatic carbocycles. The Kier molecular flexibility index (Phi) is 2.63. The number of ketones is 1. The van der Waals surface area contributed by atoms with Gasteiger partial charge in [0.2, 0.25) is 5.78 Å². The van der Waals surface area contributed by atoms with Crippen LogP contribution in [0.4, 0.5) is 13.2 Å². The van der Waals surface area contributed by atoms with Crippen molar-refractivity contribution in [3.63, 3.8) is 0 Å². The van der Waals surface area contributed by atoms with Gasteiger partial charge in [-0.25, -0.2) is 0 Å². The SMILES string of the molecule is CC(N)(N)CC(=O)C(F)(F)F. The maximum atomic E-state index is 11.5. The smallest absolute Gasteiger partial charge is 0.313 e. The van der Waals surface area contributed by atoms with Gasteiger partial charge in [-0.15, -0.1) is 0 Å². The van der Waals surface area contributed by atoms with Gasteiger partial charge in [0, 0.05) is 6.42 Å². The fourth-order valence-electron chi connectivity index (χ4n) is 0.446. The summed E-state index contributed by atoms with van der Waals surface area (Å²) in [5, 5.41) is 0. The lowest BCUT2D eigenvalue weighted by atomic mass is 10.1. The molecular weight excluding hydrogens is 161 g/mol. The zero-order valence-corrected chi connectivity index (χ0v) is 5.90. The molecule has 0 aliphatic rings. The minimum absolute atomic E-state index is 0.892. The summed E-state index contributed by atoms with van der Waals surface area (Å²) in [5.41, 5.74) is 8.39. The van der Waals surface area contributed by atoms with Crippen LogP contribution in [0.5, 0.6) is 0 Å². The Labute approximate surface area is 61.5 Å². The Bertz CT molecular complexity index is 158. The Morgan fingerprint density at radius 2 is 1.73 bits per heavy atom. The van der Waals surface area contributed by atoms with Gasteiger partial charge in [0.05, 0.1) is 5.66 Å². The summed E-state index contributed by atoms with van der Waals surface area (Å²) >= 11 is 0. The molecule has 0 saturated carbocycles. The van der Waals surface area contributed by atoms with Gasteiger partial charge in [-0.1, -0.05) is 0 Å². The Hall–Kier alpha value is -0.620. The normalized spacial score (nSPS) is 13.3. The van der Waals surface area contributed by atoms with Crippen molar-refractivity contribution in [3.8, 4) is 0 Å². The first-order valence-corrected chi connectivity index (χ1v) is 2.81. The molecule has 0 radical (unpaired) electrons. The molecule has 0 bridgehead atoms. The molecule has 0 fully saturated rings. The maximum absolute atomic E-state index is 11.5. The van der Waals surface area contributed by atoms with Crippen LogP contribution in [0.1, 0.15) is 13.3 Å². The van der Waals surface area contributed by atoms with Crippen molar-refractivity contribution in [2.45, 2.75) is 25.2 Å². The first-order chi connectivity index (χ1) is 4.63. The Balaban J connectivity index is 4.11. The van der Waals surface area contributed by atoms with Crippen LogP contribution in [-0.4, -0.2) is 17.6 Å². The van der Waals surface area contributed by atoms with Gasteiger partial charge in [0.15, 0.2) is 0 Å². The number of halogens is 3. The largest absolute Gasteiger partial charge is 0.450 e. The highest BCUT2D eigenvalue weighted by Crippen LogP contribution is 2.19. The summed E-state index contributed by atoms with van der Waals surface area (Å²) in [6.45, 7) is 1.15. The topological polar surface area (TPSA) is 69.1 Å². The second kappa shape index (κ2) is 2.78. The molecule has 4 N–H and O–H groups in total. The van der Waals surface area contributed by atoms with Crippen LogP contribution in [0.25, 0.3) is 0 Å². The van der Waals surface area contributed by atoms with Crippen LogP contribution in [0.15, 0.2) is 0 Å². The van der Waals surface area contributed by atoms with Crippen molar-refractivity contribution in [2.75, 3.05) is 0 Å². The van der Waals surface area contributed by atoms with E-state index in [0.29, 0.717) is 0 Å². The summed E-state index contributed by atoms with van der Waals surface area (Å²) in [4.78, 5) is 10.2. The molecule has 6 heteroatoms. The van der Waals surface area contributed by atoms with Crippen molar-refractivity contribution in [3.05, 3.63) is 0 Å². The monoisotopic (exact) mass is 170 g/mol. The molecule has 0 aliphatic heterocycles. The van der Waals surface area contributed by atoms with Gasteiger partial charge in [-0.05, 0) is 6.92 Å². The van der Waals surface area contributed by atoms with E-state index in [1.54, 1.807) is 0 Å². The van der Waals surface area contributed by atoms with E-state index in [9.17, 15) is 18.0 Å². The van der Waals surface area contributed by atoms with Gasteiger partial charge in [0.1, 0.15) is 0 Å². The summed E-state index contributed by atoms with van der Waals surface area (Å²) in [5.74, 6) is -1.90. The maximum Gasteiger partial charge on any atom is 0.450 e. The van der Waals surface area contributed by atoms with E-state index in [1.807, 2.05) is 0 Å². The van der Waals surface area contributed by atoms with Gasteiger partial charge in [-0.2, -0.15) is 13.2 Å². The third-order valence-corrected chi connectivity index (χ3v) is 0.858. The second-order valence-electron chi connectivity index (χ2n) is 2.60. The molecule has 0 spiro atoms. The van der Waals surface area contributed by atoms with Crippen molar-refractivity contribution in [1.29, 1.82) is 0 Å². The van der Waals surface area contributed by atoms with Crippen molar-refractivity contribution < 1.29 is 18.0 Å². The molecule has 0 amide bonds. The van der Waals surface area contributed by atoms with E-state index in [-0.39, 0.29) is 0 Å². The van der Waals surface area contributed by atoms with Gasteiger partial charge in [0.25, 0.3) is 0 Å². The zero-order valence-electron chi connectivity index (χ0n) is 5.90. The van der Waals surface area contributed by atoms with E-state index in [4.69, 9.17) is 11.5 Å². The van der Waals surface area contributed by atoms with Gasteiger partial charge >= 0.3 is 6.18 Å². The van der Waals surface area contributed by atoms with E-state index in [0.717, 1.165) is 6.92 Å². The number of Topliss-reactive ketones (excluding diaryl/α,β-unsaturated/α-hetero) is 1. The van der Waals surface area contributed by atoms with Crippen LogP contribution in [0.2, 0.25) is 0 Å². The molecule has 0 aromatic rings. The molecule has 66 valence electrons. The van der Waals surface area contributed by atoms with E-state index >= 15 is 0 Å². The first kappa shape index (κ1) is 10.4. The lowest BCUT2D eigenvalue weighted by molar-refractivity contribution is -0.172. The van der Waals surface area contributed by atoms with Crippen LogP contribution >= 0.6 is 0 Å². The summed E-state index contributed by atoms with van der Waals surface area (Å²) in [6.07, 6.45) is -5.73. The number of hydrogen-bond donors (Lipinski definition) is 2. The van der Waals surface area contributed by atoms with Crippen molar-refractivity contribution in [2.24, 2.45) is 11.5 Å². The average Bonchev–Trinajstić information content (AvgIpc) is 1.56. The van der Waals surface area contributed by atoms with E-state index in [1.165, 1.54) is 0 Å². The lowest BCUT2D eigenvalue weighted by Gasteiger charge is -2.17. The van der Waals surface area contributed by atoms with Gasteiger partial charge < -0.3 is 11.5 Å². The number of rotatable bonds is 2. The highest BCUT2D eigenvalue weighted by Gasteiger charge is 2.40. The molecule has 0 atom stereocenters. The number of carbonyl (C=O) groups excluding carboxylic acids is 1. The standard InChI is InChI=1S/C5H9F3N2O/c1-4(9,10)2-3(11)5(6,7)8/h2,9-10H2,1H3. The van der Waals surface area contributed by atoms with Crippen LogP contribution in [-0.2, 0) is 4.79 Å². The molecule has 0 saturated heterocycles. The minimum atomic E-state index is -4.83. The highest BCUT2D eigenvalue weighted by atomic mass is 19.4. The number of carbonyl (C=O) groups is 1. The fraction of sp³-hybridized carbons (Fsp3) is 0.800. The Morgan fingerprint density at radius 1 is 1.36 bits per heavy atom. The van der Waals surface area contributed by atoms with Crippen LogP contribution in [0, 0.1) is 0 Å². The molecule has 3 nitrogen and oxygen atoms in total. The predicted molar refractivity (Wildman–Crippen MR) is 32.5 cm³/mol. The second-order valence-corrected chi connectivity index (χ2v) is 2.60. The highest BCUT2D eigenvalue weighted by molar-refractivity contribution is 5.84. The van der Waals surface area contributed by atoms with E-state index in [2.05, 4.69) is 0 Å². The first-order valence-electron chi connectivity index (χ1n) is 2.81. The molecule has 11 heavy (non-hydrogen) atoms. The molecule has 0 aromatic carbocycles. The van der Waals surface area contributed by atoms with Gasteiger partial charge in [-0.3, -0.25) is 4.79 Å². The lowest BCUT2D eigenvalue weighted by Crippen LogP contribution is -2.49. The zero-order chi connectivity index (χ0) is 9.28. The van der Waals surface area contributed by atoms with Crippen LogP contribution in [0.3, 0.4) is 0 Å².